The molecule has 0 aliphatic rings. The second-order valence-electron chi connectivity index (χ2n) is 6.40. The number of amides is 1. The van der Waals surface area contributed by atoms with Gasteiger partial charge in [-0.05, 0) is 36.8 Å². The van der Waals surface area contributed by atoms with Gasteiger partial charge in [-0.25, -0.2) is 4.68 Å². The number of nitrogens with zero attached hydrogens (tertiary/aromatic N) is 4. The number of hydrogen-bond donors (Lipinski definition) is 1. The maximum Gasteiger partial charge on any atom is 0.259 e. The van der Waals surface area contributed by atoms with Gasteiger partial charge in [0.25, 0.3) is 5.91 Å². The topological polar surface area (TPSA) is 64.7 Å². The van der Waals surface area contributed by atoms with E-state index in [4.69, 9.17) is 0 Å². The number of rotatable bonds is 5. The fraction of sp³-hybridized carbons (Fsp3) is 0.0952. The standard InChI is InChI=1S/C21H18BrN5O/c1-15-20(12-24-27(15)19-9-7-17(22)8-10-19)21(28)25-18-11-23-26(14-18)13-16-5-3-2-4-6-16/h2-12,14H,13H2,1H3,(H,25,28). The highest BCUT2D eigenvalue weighted by Gasteiger charge is 2.16. The molecule has 0 saturated heterocycles. The third-order valence-electron chi connectivity index (χ3n) is 4.40. The molecule has 0 unspecified atom stereocenters. The summed E-state index contributed by atoms with van der Waals surface area (Å²) >= 11 is 3.42. The van der Waals surface area contributed by atoms with Crippen molar-refractivity contribution in [2.45, 2.75) is 13.5 Å². The molecular formula is C21H18BrN5O. The summed E-state index contributed by atoms with van der Waals surface area (Å²) in [6.07, 6.45) is 5.05. The zero-order valence-corrected chi connectivity index (χ0v) is 16.8. The van der Waals surface area contributed by atoms with Crippen molar-refractivity contribution in [3.8, 4) is 5.69 Å². The first kappa shape index (κ1) is 18.2. The average Bonchev–Trinajstić information content (AvgIpc) is 3.29. The first-order valence-electron chi connectivity index (χ1n) is 8.78. The van der Waals surface area contributed by atoms with Crippen molar-refractivity contribution in [3.63, 3.8) is 0 Å². The first-order valence-corrected chi connectivity index (χ1v) is 9.58. The van der Waals surface area contributed by atoms with Crippen LogP contribution < -0.4 is 5.32 Å². The predicted molar refractivity (Wildman–Crippen MR) is 112 cm³/mol. The van der Waals surface area contributed by atoms with Gasteiger partial charge in [-0.3, -0.25) is 9.48 Å². The summed E-state index contributed by atoms with van der Waals surface area (Å²) in [5.41, 5.74) is 4.00. The van der Waals surface area contributed by atoms with Crippen molar-refractivity contribution >= 4 is 27.5 Å². The van der Waals surface area contributed by atoms with E-state index in [0.29, 0.717) is 17.8 Å². The van der Waals surface area contributed by atoms with Crippen LogP contribution in [0.25, 0.3) is 5.69 Å². The molecular weight excluding hydrogens is 418 g/mol. The lowest BCUT2D eigenvalue weighted by Gasteiger charge is -2.06. The summed E-state index contributed by atoms with van der Waals surface area (Å²) in [6, 6.07) is 17.8. The van der Waals surface area contributed by atoms with Crippen LogP contribution in [0, 0.1) is 6.92 Å². The smallest absolute Gasteiger partial charge is 0.259 e. The molecule has 1 amide bonds. The summed E-state index contributed by atoms with van der Waals surface area (Å²) in [6.45, 7) is 2.53. The van der Waals surface area contributed by atoms with E-state index in [2.05, 4.69) is 31.4 Å². The van der Waals surface area contributed by atoms with E-state index >= 15 is 0 Å². The molecule has 7 heteroatoms. The highest BCUT2D eigenvalue weighted by Crippen LogP contribution is 2.18. The molecule has 6 nitrogen and oxygen atoms in total. The molecule has 0 radical (unpaired) electrons. The maximum absolute atomic E-state index is 12.7. The maximum atomic E-state index is 12.7. The van der Waals surface area contributed by atoms with Crippen LogP contribution in [-0.2, 0) is 6.54 Å². The number of hydrogen-bond acceptors (Lipinski definition) is 3. The lowest BCUT2D eigenvalue weighted by atomic mass is 10.2. The van der Waals surface area contributed by atoms with E-state index in [-0.39, 0.29) is 5.91 Å². The quantitative estimate of drug-likeness (QED) is 0.503. The molecule has 0 bridgehead atoms. The number of benzene rings is 2. The van der Waals surface area contributed by atoms with Gasteiger partial charge in [0.15, 0.2) is 0 Å². The summed E-state index contributed by atoms with van der Waals surface area (Å²) in [5.74, 6) is -0.208. The largest absolute Gasteiger partial charge is 0.319 e. The normalized spacial score (nSPS) is 10.8. The Kier molecular flexibility index (Phi) is 5.08. The number of carbonyl (C=O) groups is 1. The van der Waals surface area contributed by atoms with Gasteiger partial charge < -0.3 is 5.32 Å². The van der Waals surface area contributed by atoms with Crippen LogP contribution in [0.5, 0.6) is 0 Å². The molecule has 0 aliphatic heterocycles. The van der Waals surface area contributed by atoms with Crippen molar-refractivity contribution < 1.29 is 4.79 Å². The van der Waals surface area contributed by atoms with Gasteiger partial charge in [0.1, 0.15) is 0 Å². The Labute approximate surface area is 170 Å². The van der Waals surface area contributed by atoms with Crippen molar-refractivity contribution in [1.29, 1.82) is 0 Å². The van der Waals surface area contributed by atoms with Gasteiger partial charge in [-0.15, -0.1) is 0 Å². The van der Waals surface area contributed by atoms with Gasteiger partial charge in [-0.1, -0.05) is 46.3 Å². The van der Waals surface area contributed by atoms with Crippen LogP contribution in [0.2, 0.25) is 0 Å². The summed E-state index contributed by atoms with van der Waals surface area (Å²) in [5, 5.41) is 11.6. The van der Waals surface area contributed by atoms with Crippen molar-refractivity contribution in [2.75, 3.05) is 5.32 Å². The third-order valence-corrected chi connectivity index (χ3v) is 4.93. The Hall–Kier alpha value is -3.19. The lowest BCUT2D eigenvalue weighted by molar-refractivity contribution is 0.102. The zero-order valence-electron chi connectivity index (χ0n) is 15.2. The van der Waals surface area contributed by atoms with Gasteiger partial charge in [-0.2, -0.15) is 10.2 Å². The fourth-order valence-electron chi connectivity index (χ4n) is 2.96. The molecule has 140 valence electrons. The van der Waals surface area contributed by atoms with Crippen molar-refractivity contribution in [1.82, 2.24) is 19.6 Å². The highest BCUT2D eigenvalue weighted by molar-refractivity contribution is 9.10. The minimum absolute atomic E-state index is 0.208. The summed E-state index contributed by atoms with van der Waals surface area (Å²) in [7, 11) is 0. The molecule has 4 rings (SSSR count). The van der Waals surface area contributed by atoms with Crippen LogP contribution in [-0.4, -0.2) is 25.5 Å². The van der Waals surface area contributed by atoms with Crippen LogP contribution in [0.1, 0.15) is 21.6 Å². The van der Waals surface area contributed by atoms with E-state index in [9.17, 15) is 4.79 Å². The Morgan fingerprint density at radius 3 is 2.54 bits per heavy atom. The molecule has 4 aromatic rings. The van der Waals surface area contributed by atoms with Crippen molar-refractivity contribution in [2.24, 2.45) is 0 Å². The van der Waals surface area contributed by atoms with Crippen molar-refractivity contribution in [3.05, 3.63) is 94.5 Å². The molecule has 0 atom stereocenters. The number of nitrogens with one attached hydrogen (secondary N) is 1. The third kappa shape index (κ3) is 3.89. The van der Waals surface area contributed by atoms with Crippen LogP contribution >= 0.6 is 15.9 Å². The molecule has 0 saturated carbocycles. The second kappa shape index (κ2) is 7.82. The highest BCUT2D eigenvalue weighted by atomic mass is 79.9. The average molecular weight is 436 g/mol. The Balaban J connectivity index is 1.48. The van der Waals surface area contributed by atoms with Crippen LogP contribution in [0.4, 0.5) is 5.69 Å². The van der Waals surface area contributed by atoms with E-state index < -0.39 is 0 Å². The Bertz CT molecular complexity index is 1100. The Morgan fingerprint density at radius 2 is 1.79 bits per heavy atom. The van der Waals surface area contributed by atoms with Gasteiger partial charge in [0, 0.05) is 10.7 Å². The second-order valence-corrected chi connectivity index (χ2v) is 7.31. The van der Waals surface area contributed by atoms with Crippen LogP contribution in [0.15, 0.2) is 77.7 Å². The fourth-order valence-corrected chi connectivity index (χ4v) is 3.22. The molecule has 2 aromatic carbocycles. The van der Waals surface area contributed by atoms with Gasteiger partial charge in [0.2, 0.25) is 0 Å². The Morgan fingerprint density at radius 1 is 1.04 bits per heavy atom. The van der Waals surface area contributed by atoms with Crippen LogP contribution in [0.3, 0.4) is 0 Å². The molecule has 0 fully saturated rings. The summed E-state index contributed by atoms with van der Waals surface area (Å²) < 4.78 is 4.54. The monoisotopic (exact) mass is 435 g/mol. The van der Waals surface area contributed by atoms with Gasteiger partial charge in [0.05, 0.1) is 41.6 Å². The first-order chi connectivity index (χ1) is 13.6. The molecule has 2 aromatic heterocycles. The number of anilines is 1. The molecule has 0 aliphatic carbocycles. The summed E-state index contributed by atoms with van der Waals surface area (Å²) in [4.78, 5) is 12.7. The molecule has 0 spiro atoms. The van der Waals surface area contributed by atoms with E-state index in [0.717, 1.165) is 21.4 Å². The molecule has 2 heterocycles. The van der Waals surface area contributed by atoms with E-state index in [1.54, 1.807) is 21.8 Å². The SMILES string of the molecule is Cc1c(C(=O)Nc2cnn(Cc3ccccc3)c2)cnn1-c1ccc(Br)cc1. The minimum Gasteiger partial charge on any atom is -0.319 e. The number of halogens is 1. The van der Waals surface area contributed by atoms with Gasteiger partial charge >= 0.3 is 0 Å². The molecule has 1 N–H and O–H groups in total. The number of aromatic nitrogens is 4. The van der Waals surface area contributed by atoms with E-state index in [1.165, 1.54) is 0 Å². The van der Waals surface area contributed by atoms with E-state index in [1.807, 2.05) is 67.7 Å². The lowest BCUT2D eigenvalue weighted by Crippen LogP contribution is -2.12. The number of carbonyl (C=O) groups excluding carboxylic acids is 1. The minimum atomic E-state index is -0.208. The zero-order chi connectivity index (χ0) is 19.5. The molecule has 28 heavy (non-hydrogen) atoms. The predicted octanol–water partition coefficient (Wildman–Crippen LogP) is 4.44.